The lowest BCUT2D eigenvalue weighted by Crippen LogP contribution is -2.32. The Kier molecular flexibility index (Phi) is 5.55. The molecule has 0 amide bonds. The summed E-state index contributed by atoms with van der Waals surface area (Å²) in [4.78, 5) is 22.3. The van der Waals surface area contributed by atoms with Gasteiger partial charge >= 0.3 is 5.97 Å². The fraction of sp³-hybridized carbons (Fsp3) is 0.467. The zero-order chi connectivity index (χ0) is 15.2. The molecule has 0 aromatic heterocycles. The van der Waals surface area contributed by atoms with Gasteiger partial charge in [-0.25, -0.2) is 0 Å². The summed E-state index contributed by atoms with van der Waals surface area (Å²) >= 11 is 0. The summed E-state index contributed by atoms with van der Waals surface area (Å²) in [5.41, 5.74) is -0.255. The summed E-state index contributed by atoms with van der Waals surface area (Å²) < 4.78 is 15.8. The maximum absolute atomic E-state index is 11.6. The van der Waals surface area contributed by atoms with Crippen molar-refractivity contribution in [1.82, 2.24) is 0 Å². The van der Waals surface area contributed by atoms with Crippen molar-refractivity contribution in [1.29, 1.82) is 0 Å². The molecule has 0 bridgehead atoms. The van der Waals surface area contributed by atoms with Gasteiger partial charge in [0, 0.05) is 5.56 Å². The lowest BCUT2D eigenvalue weighted by Gasteiger charge is -2.22. The third kappa shape index (κ3) is 3.98. The van der Waals surface area contributed by atoms with E-state index in [1.807, 2.05) is 6.92 Å². The second kappa shape index (κ2) is 6.93. The molecule has 1 aromatic carbocycles. The molecule has 0 saturated carbocycles. The molecule has 0 unspecified atom stereocenters. The van der Waals surface area contributed by atoms with Crippen molar-refractivity contribution in [2.24, 2.45) is 5.41 Å². The predicted molar refractivity (Wildman–Crippen MR) is 74.3 cm³/mol. The van der Waals surface area contributed by atoms with E-state index in [4.69, 9.17) is 14.2 Å². The average molecular weight is 280 g/mol. The predicted octanol–water partition coefficient (Wildman–Crippen LogP) is 2.48. The Morgan fingerprint density at radius 3 is 2.50 bits per heavy atom. The van der Waals surface area contributed by atoms with Gasteiger partial charge in [0.2, 0.25) is 0 Å². The first-order valence-electron chi connectivity index (χ1n) is 6.38. The maximum Gasteiger partial charge on any atom is 0.314 e. The molecule has 1 rings (SSSR count). The Morgan fingerprint density at radius 1 is 1.25 bits per heavy atom. The number of carbonyl (C=O) groups excluding carboxylic acids is 2. The molecule has 0 aliphatic heterocycles. The molecule has 1 aromatic rings. The minimum atomic E-state index is -0.762. The smallest absolute Gasteiger partial charge is 0.314 e. The van der Waals surface area contributed by atoms with Gasteiger partial charge in [-0.3, -0.25) is 9.59 Å². The van der Waals surface area contributed by atoms with Crippen LogP contribution in [-0.2, 0) is 9.53 Å². The van der Waals surface area contributed by atoms with Crippen molar-refractivity contribution in [2.45, 2.75) is 20.8 Å². The minimum Gasteiger partial charge on any atom is -0.490 e. The third-order valence-corrected chi connectivity index (χ3v) is 2.73. The van der Waals surface area contributed by atoms with Crippen molar-refractivity contribution in [3.8, 4) is 11.5 Å². The monoisotopic (exact) mass is 280 g/mol. The Labute approximate surface area is 118 Å². The lowest BCUT2D eigenvalue weighted by atomic mass is 9.95. The first-order valence-corrected chi connectivity index (χ1v) is 6.38. The van der Waals surface area contributed by atoms with Crippen LogP contribution in [0.3, 0.4) is 0 Å². The summed E-state index contributed by atoms with van der Waals surface area (Å²) in [5.74, 6) is 0.632. The van der Waals surface area contributed by atoms with Crippen molar-refractivity contribution in [3.05, 3.63) is 23.8 Å². The molecule has 0 atom stereocenters. The molecule has 110 valence electrons. The van der Waals surface area contributed by atoms with E-state index >= 15 is 0 Å². The molecule has 0 aliphatic carbocycles. The van der Waals surface area contributed by atoms with E-state index in [0.717, 1.165) is 6.29 Å². The number of hydrogen-bond donors (Lipinski definition) is 0. The molecule has 5 heteroatoms. The van der Waals surface area contributed by atoms with Crippen LogP contribution in [0.2, 0.25) is 0 Å². The van der Waals surface area contributed by atoms with Crippen LogP contribution in [0.1, 0.15) is 31.1 Å². The molecule has 0 spiro atoms. The van der Waals surface area contributed by atoms with Crippen molar-refractivity contribution in [2.75, 3.05) is 20.3 Å². The third-order valence-electron chi connectivity index (χ3n) is 2.73. The van der Waals surface area contributed by atoms with Gasteiger partial charge in [0.1, 0.15) is 12.9 Å². The fourth-order valence-electron chi connectivity index (χ4n) is 1.58. The molecule has 5 nitrogen and oxygen atoms in total. The number of hydrogen-bond acceptors (Lipinski definition) is 5. The summed E-state index contributed by atoms with van der Waals surface area (Å²) in [6.07, 6.45) is 0.741. The largest absolute Gasteiger partial charge is 0.490 e. The standard InChI is InChI=1S/C15H20O5/c1-5-19-13-8-11(9-16)6-7-12(13)20-10-15(2,3)14(17)18-4/h6-9H,5,10H2,1-4H3. The van der Waals surface area contributed by atoms with Crippen LogP contribution in [0.25, 0.3) is 0 Å². The van der Waals surface area contributed by atoms with E-state index in [1.54, 1.807) is 32.0 Å². The van der Waals surface area contributed by atoms with Crippen LogP contribution >= 0.6 is 0 Å². The molecule has 0 radical (unpaired) electrons. The van der Waals surface area contributed by atoms with Gasteiger partial charge in [0.25, 0.3) is 0 Å². The van der Waals surface area contributed by atoms with Crippen molar-refractivity contribution < 1.29 is 23.8 Å². The minimum absolute atomic E-state index is 0.153. The number of rotatable bonds is 7. The Hall–Kier alpha value is -2.04. The highest BCUT2D eigenvalue weighted by Gasteiger charge is 2.30. The highest BCUT2D eigenvalue weighted by Crippen LogP contribution is 2.30. The first-order chi connectivity index (χ1) is 9.44. The molecule has 0 N–H and O–H groups in total. The van der Waals surface area contributed by atoms with E-state index in [1.165, 1.54) is 7.11 Å². The average Bonchev–Trinajstić information content (AvgIpc) is 2.45. The van der Waals surface area contributed by atoms with Crippen LogP contribution in [0.4, 0.5) is 0 Å². The fourth-order valence-corrected chi connectivity index (χ4v) is 1.58. The highest BCUT2D eigenvalue weighted by molar-refractivity contribution is 5.77. The molecular weight excluding hydrogens is 260 g/mol. The molecular formula is C15H20O5. The second-order valence-electron chi connectivity index (χ2n) is 4.92. The molecule has 20 heavy (non-hydrogen) atoms. The van der Waals surface area contributed by atoms with Crippen LogP contribution in [0.5, 0.6) is 11.5 Å². The summed E-state index contributed by atoms with van der Waals surface area (Å²) in [5, 5.41) is 0. The molecule has 0 fully saturated rings. The molecule has 0 heterocycles. The number of ether oxygens (including phenoxy) is 3. The van der Waals surface area contributed by atoms with Gasteiger partial charge in [-0.2, -0.15) is 0 Å². The Bertz CT molecular complexity index is 479. The number of carbonyl (C=O) groups is 2. The van der Waals surface area contributed by atoms with Crippen LogP contribution in [0.15, 0.2) is 18.2 Å². The van der Waals surface area contributed by atoms with E-state index in [-0.39, 0.29) is 12.6 Å². The lowest BCUT2D eigenvalue weighted by molar-refractivity contribution is -0.152. The molecule has 0 saturated heterocycles. The summed E-state index contributed by atoms with van der Waals surface area (Å²) in [7, 11) is 1.34. The van der Waals surface area contributed by atoms with Crippen molar-refractivity contribution in [3.63, 3.8) is 0 Å². The Balaban J connectivity index is 2.86. The topological polar surface area (TPSA) is 61.8 Å². The maximum atomic E-state index is 11.6. The van der Waals surface area contributed by atoms with Gasteiger partial charge in [0.15, 0.2) is 11.5 Å². The van der Waals surface area contributed by atoms with Crippen LogP contribution < -0.4 is 9.47 Å². The van der Waals surface area contributed by atoms with E-state index < -0.39 is 5.41 Å². The van der Waals surface area contributed by atoms with Crippen molar-refractivity contribution >= 4 is 12.3 Å². The van der Waals surface area contributed by atoms with Gasteiger partial charge in [-0.05, 0) is 39.0 Å². The van der Waals surface area contributed by atoms with Gasteiger partial charge < -0.3 is 14.2 Å². The number of benzene rings is 1. The zero-order valence-corrected chi connectivity index (χ0v) is 12.3. The van der Waals surface area contributed by atoms with Gasteiger partial charge in [-0.15, -0.1) is 0 Å². The van der Waals surface area contributed by atoms with Gasteiger partial charge in [-0.1, -0.05) is 0 Å². The SMILES string of the molecule is CCOc1cc(C=O)ccc1OCC(C)(C)C(=O)OC. The van der Waals surface area contributed by atoms with E-state index in [2.05, 4.69) is 0 Å². The van der Waals surface area contributed by atoms with E-state index in [0.29, 0.717) is 23.7 Å². The summed E-state index contributed by atoms with van der Waals surface area (Å²) in [6, 6.07) is 4.90. The number of aldehydes is 1. The second-order valence-corrected chi connectivity index (χ2v) is 4.92. The molecule has 0 aliphatic rings. The zero-order valence-electron chi connectivity index (χ0n) is 12.3. The van der Waals surface area contributed by atoms with Crippen LogP contribution in [-0.4, -0.2) is 32.6 Å². The summed E-state index contributed by atoms with van der Waals surface area (Å²) in [6.45, 7) is 5.92. The normalized spacial score (nSPS) is 10.8. The first kappa shape index (κ1) is 16.0. The quantitative estimate of drug-likeness (QED) is 0.567. The highest BCUT2D eigenvalue weighted by atomic mass is 16.5. The van der Waals surface area contributed by atoms with E-state index in [9.17, 15) is 9.59 Å². The Morgan fingerprint density at radius 2 is 1.95 bits per heavy atom. The number of esters is 1. The number of methoxy groups -OCH3 is 1. The van der Waals surface area contributed by atoms with Crippen LogP contribution in [0, 0.1) is 5.41 Å². The van der Waals surface area contributed by atoms with Gasteiger partial charge in [0.05, 0.1) is 19.1 Å².